The molecule has 0 saturated carbocycles. The van der Waals surface area contributed by atoms with Gasteiger partial charge >= 0.3 is 0 Å². The molecule has 0 bridgehead atoms. The monoisotopic (exact) mass is 283 g/mol. The fraction of sp³-hybridized carbons (Fsp3) is 0.364. The molecule has 7 nitrogen and oxygen atoms in total. The highest BCUT2D eigenvalue weighted by atomic mass is 32.2. The minimum atomic E-state index is -3.63. The summed E-state index contributed by atoms with van der Waals surface area (Å²) in [7, 11) is -3.63. The van der Waals surface area contributed by atoms with E-state index in [1.165, 1.54) is 24.3 Å². The lowest BCUT2D eigenvalue weighted by Gasteiger charge is -2.09. The second-order valence-corrected chi connectivity index (χ2v) is 5.64. The Morgan fingerprint density at radius 3 is 2.42 bits per heavy atom. The molecule has 0 spiro atoms. The molecule has 0 radical (unpaired) electrons. The number of nitriles is 1. The Morgan fingerprint density at radius 1 is 1.42 bits per heavy atom. The van der Waals surface area contributed by atoms with E-state index in [0.29, 0.717) is 12.0 Å². The van der Waals surface area contributed by atoms with E-state index in [9.17, 15) is 18.5 Å². The number of rotatable bonds is 6. The largest absolute Gasteiger partial charge is 0.269 e. The zero-order valence-electron chi connectivity index (χ0n) is 10.2. The van der Waals surface area contributed by atoms with E-state index >= 15 is 0 Å². The number of sulfonamides is 1. The Bertz CT molecular complexity index is 589. The highest BCUT2D eigenvalue weighted by Gasteiger charge is 2.17. The van der Waals surface area contributed by atoms with Gasteiger partial charge in [-0.2, -0.15) is 9.98 Å². The van der Waals surface area contributed by atoms with Crippen molar-refractivity contribution in [1.82, 2.24) is 4.72 Å². The molecule has 1 rings (SSSR count). The standard InChI is InChI=1S/C11H13N3O4S/c1-2-10(7-12)13-19(17,18)8-9-3-5-11(6-4-9)14(15)16/h3-6,10,13H,2,8H2,1H3. The maximum atomic E-state index is 11.8. The summed E-state index contributed by atoms with van der Waals surface area (Å²) >= 11 is 0. The van der Waals surface area contributed by atoms with Crippen molar-refractivity contribution in [2.24, 2.45) is 0 Å². The van der Waals surface area contributed by atoms with Crippen LogP contribution in [0.15, 0.2) is 24.3 Å². The number of hydrogen-bond acceptors (Lipinski definition) is 5. The molecule has 0 heterocycles. The fourth-order valence-electron chi connectivity index (χ4n) is 1.39. The lowest BCUT2D eigenvalue weighted by atomic mass is 10.2. The van der Waals surface area contributed by atoms with Crippen LogP contribution in [0.3, 0.4) is 0 Å². The lowest BCUT2D eigenvalue weighted by Crippen LogP contribution is -2.34. The molecule has 1 aromatic rings. The van der Waals surface area contributed by atoms with E-state index in [0.717, 1.165) is 0 Å². The third-order valence-corrected chi connectivity index (χ3v) is 3.75. The van der Waals surface area contributed by atoms with Crippen molar-refractivity contribution in [3.63, 3.8) is 0 Å². The molecule has 0 fully saturated rings. The van der Waals surface area contributed by atoms with Crippen molar-refractivity contribution in [2.75, 3.05) is 0 Å². The van der Waals surface area contributed by atoms with Gasteiger partial charge in [0.05, 0.1) is 16.7 Å². The smallest absolute Gasteiger partial charge is 0.258 e. The minimum Gasteiger partial charge on any atom is -0.258 e. The maximum Gasteiger partial charge on any atom is 0.269 e. The van der Waals surface area contributed by atoms with Crippen molar-refractivity contribution in [1.29, 1.82) is 5.26 Å². The van der Waals surface area contributed by atoms with E-state index in [1.54, 1.807) is 6.92 Å². The van der Waals surface area contributed by atoms with Gasteiger partial charge in [0.15, 0.2) is 0 Å². The molecule has 102 valence electrons. The number of nitro benzene ring substituents is 1. The Kier molecular flexibility index (Phi) is 4.97. The molecule has 1 N–H and O–H groups in total. The van der Waals surface area contributed by atoms with E-state index < -0.39 is 21.0 Å². The minimum absolute atomic E-state index is 0.0995. The molecule has 1 atom stereocenters. The molecule has 1 unspecified atom stereocenters. The van der Waals surface area contributed by atoms with Crippen LogP contribution in [-0.2, 0) is 15.8 Å². The Labute approximate surface area is 111 Å². The predicted octanol–water partition coefficient (Wildman–Crippen LogP) is 1.32. The van der Waals surface area contributed by atoms with Gasteiger partial charge in [-0.05, 0) is 12.0 Å². The SMILES string of the molecule is CCC(C#N)NS(=O)(=O)Cc1ccc([N+](=O)[O-])cc1. The number of nitrogens with zero attached hydrogens (tertiary/aromatic N) is 2. The summed E-state index contributed by atoms with van der Waals surface area (Å²) in [5.74, 6) is -0.316. The highest BCUT2D eigenvalue weighted by molar-refractivity contribution is 7.88. The van der Waals surface area contributed by atoms with Crippen LogP contribution in [-0.4, -0.2) is 19.4 Å². The number of benzene rings is 1. The van der Waals surface area contributed by atoms with Gasteiger partial charge in [-0.3, -0.25) is 10.1 Å². The van der Waals surface area contributed by atoms with Crippen molar-refractivity contribution >= 4 is 15.7 Å². The van der Waals surface area contributed by atoms with Crippen molar-refractivity contribution in [2.45, 2.75) is 25.1 Å². The predicted molar refractivity (Wildman–Crippen MR) is 68.5 cm³/mol. The Hall–Kier alpha value is -1.98. The molecule has 0 aliphatic carbocycles. The molecular formula is C11H13N3O4S. The van der Waals surface area contributed by atoms with Gasteiger partial charge in [0.1, 0.15) is 6.04 Å². The summed E-state index contributed by atoms with van der Waals surface area (Å²) < 4.78 is 25.8. The maximum absolute atomic E-state index is 11.8. The van der Waals surface area contributed by atoms with Crippen molar-refractivity contribution in [3.8, 4) is 6.07 Å². The van der Waals surface area contributed by atoms with Crippen LogP contribution in [0.4, 0.5) is 5.69 Å². The fourth-order valence-corrected chi connectivity index (χ4v) is 2.76. The quantitative estimate of drug-likeness (QED) is 0.624. The van der Waals surface area contributed by atoms with Crippen LogP contribution in [0.5, 0.6) is 0 Å². The van der Waals surface area contributed by atoms with Gasteiger partial charge in [0, 0.05) is 12.1 Å². The first-order valence-corrected chi connectivity index (χ1v) is 7.16. The first kappa shape index (κ1) is 15.1. The van der Waals surface area contributed by atoms with Gasteiger partial charge in [0.2, 0.25) is 10.0 Å². The average Bonchev–Trinajstić information content (AvgIpc) is 2.36. The molecule has 0 amide bonds. The Morgan fingerprint density at radius 2 is 2.00 bits per heavy atom. The number of non-ortho nitro benzene ring substituents is 1. The average molecular weight is 283 g/mol. The zero-order chi connectivity index (χ0) is 14.5. The van der Waals surface area contributed by atoms with Crippen LogP contribution in [0.25, 0.3) is 0 Å². The summed E-state index contributed by atoms with van der Waals surface area (Å²) in [6.07, 6.45) is 0.371. The first-order chi connectivity index (χ1) is 8.88. The third-order valence-electron chi connectivity index (χ3n) is 2.39. The zero-order valence-corrected chi connectivity index (χ0v) is 11.1. The van der Waals surface area contributed by atoms with Crippen LogP contribution < -0.4 is 4.72 Å². The second kappa shape index (κ2) is 6.26. The first-order valence-electron chi connectivity index (χ1n) is 5.51. The summed E-state index contributed by atoms with van der Waals surface area (Å²) in [5, 5.41) is 19.2. The normalized spacial score (nSPS) is 12.6. The summed E-state index contributed by atoms with van der Waals surface area (Å²) in [4.78, 5) is 9.90. The third kappa shape index (κ3) is 4.65. The summed E-state index contributed by atoms with van der Waals surface area (Å²) in [5.41, 5.74) is 0.323. The van der Waals surface area contributed by atoms with Crippen molar-refractivity contribution < 1.29 is 13.3 Å². The van der Waals surface area contributed by atoms with Gasteiger partial charge in [-0.1, -0.05) is 19.1 Å². The van der Waals surface area contributed by atoms with Crippen LogP contribution in [0, 0.1) is 21.4 Å². The molecule has 19 heavy (non-hydrogen) atoms. The van der Waals surface area contributed by atoms with E-state index in [2.05, 4.69) is 4.72 Å². The second-order valence-electron chi connectivity index (χ2n) is 3.89. The van der Waals surface area contributed by atoms with Crippen molar-refractivity contribution in [3.05, 3.63) is 39.9 Å². The molecule has 1 aromatic carbocycles. The molecule has 0 aromatic heterocycles. The van der Waals surface area contributed by atoms with E-state index in [4.69, 9.17) is 5.26 Å². The van der Waals surface area contributed by atoms with E-state index in [-0.39, 0.29) is 11.4 Å². The molecule has 0 aliphatic rings. The molecule has 0 aliphatic heterocycles. The van der Waals surface area contributed by atoms with Crippen LogP contribution in [0.1, 0.15) is 18.9 Å². The number of nitrogens with one attached hydrogen (secondary N) is 1. The summed E-state index contributed by atoms with van der Waals surface area (Å²) in [6.45, 7) is 1.70. The molecular weight excluding hydrogens is 270 g/mol. The molecule has 8 heteroatoms. The van der Waals surface area contributed by atoms with Gasteiger partial charge < -0.3 is 0 Å². The summed E-state index contributed by atoms with van der Waals surface area (Å²) in [6, 6.07) is 6.32. The molecule has 0 saturated heterocycles. The highest BCUT2D eigenvalue weighted by Crippen LogP contribution is 2.13. The van der Waals surface area contributed by atoms with Gasteiger partial charge in [-0.25, -0.2) is 8.42 Å². The van der Waals surface area contributed by atoms with E-state index in [1.807, 2.05) is 6.07 Å². The lowest BCUT2D eigenvalue weighted by molar-refractivity contribution is -0.384. The van der Waals surface area contributed by atoms with Gasteiger partial charge in [-0.15, -0.1) is 0 Å². The van der Waals surface area contributed by atoms with Crippen LogP contribution in [0.2, 0.25) is 0 Å². The van der Waals surface area contributed by atoms with Crippen LogP contribution >= 0.6 is 0 Å². The topological polar surface area (TPSA) is 113 Å². The Balaban J connectivity index is 2.79. The number of nitro groups is 1. The number of hydrogen-bond donors (Lipinski definition) is 1. The van der Waals surface area contributed by atoms with Gasteiger partial charge in [0.25, 0.3) is 5.69 Å².